The van der Waals surface area contributed by atoms with Gasteiger partial charge in [-0.3, -0.25) is 10.0 Å². The number of carbonyl (C=O) groups excluding carboxylic acids is 1. The van der Waals surface area contributed by atoms with Gasteiger partial charge in [0.25, 0.3) is 0 Å². The van der Waals surface area contributed by atoms with E-state index < -0.39 is 16.2 Å². The van der Waals surface area contributed by atoms with Gasteiger partial charge in [0.2, 0.25) is 17.7 Å². The third-order valence-corrected chi connectivity index (χ3v) is 4.36. The molecule has 25 heavy (non-hydrogen) atoms. The molecule has 0 bridgehead atoms. The number of anilines is 2. The van der Waals surface area contributed by atoms with Crippen molar-refractivity contribution in [2.75, 3.05) is 31.3 Å². The lowest BCUT2D eigenvalue weighted by molar-refractivity contribution is 0.240. The van der Waals surface area contributed by atoms with Gasteiger partial charge in [0.15, 0.2) is 0 Å². The molecule has 0 aliphatic carbocycles. The number of benzene rings is 1. The van der Waals surface area contributed by atoms with Gasteiger partial charge in [-0.15, -0.1) is 0 Å². The van der Waals surface area contributed by atoms with Gasteiger partial charge in [0, 0.05) is 7.05 Å². The maximum absolute atomic E-state index is 12.2. The Bertz CT molecular complexity index is 822. The summed E-state index contributed by atoms with van der Waals surface area (Å²) in [6.45, 7) is 0. The molecule has 0 radical (unpaired) electrons. The third kappa shape index (κ3) is 4.70. The second-order valence-electron chi connectivity index (χ2n) is 4.65. The fourth-order valence-electron chi connectivity index (χ4n) is 1.68. The molecular weight excluding hydrogens is 350 g/mol. The highest BCUT2D eigenvalue weighted by Gasteiger charge is 2.24. The standard InChI is InChI=1S/C14H17N5O5S/c1-19(25(21,22)18-10-7-5-4-6-8-10)14(20)17-13-15-11(23-2)9-12(16-13)24-3/h4-9,18H,1-3H3,(H,15,16,17,20). The summed E-state index contributed by atoms with van der Waals surface area (Å²) in [5.41, 5.74) is 0.321. The van der Waals surface area contributed by atoms with Crippen LogP contribution in [-0.4, -0.2) is 50.0 Å². The summed E-state index contributed by atoms with van der Waals surface area (Å²) >= 11 is 0. The quantitative estimate of drug-likeness (QED) is 0.789. The Hall–Kier alpha value is -3.08. The van der Waals surface area contributed by atoms with Crippen LogP contribution in [0.4, 0.5) is 16.4 Å². The van der Waals surface area contributed by atoms with Gasteiger partial charge < -0.3 is 9.47 Å². The van der Waals surface area contributed by atoms with Gasteiger partial charge in [0.1, 0.15) is 0 Å². The van der Waals surface area contributed by atoms with E-state index in [4.69, 9.17) is 9.47 Å². The lowest BCUT2D eigenvalue weighted by Gasteiger charge is -2.18. The van der Waals surface area contributed by atoms with Crippen molar-refractivity contribution in [3.8, 4) is 11.8 Å². The lowest BCUT2D eigenvalue weighted by Crippen LogP contribution is -2.40. The van der Waals surface area contributed by atoms with E-state index in [0.29, 0.717) is 9.99 Å². The topological polar surface area (TPSA) is 123 Å². The molecule has 134 valence electrons. The molecule has 2 amide bonds. The van der Waals surface area contributed by atoms with Gasteiger partial charge in [-0.2, -0.15) is 18.4 Å². The first kappa shape index (κ1) is 18.3. The summed E-state index contributed by atoms with van der Waals surface area (Å²) in [6.07, 6.45) is 0. The minimum atomic E-state index is -4.11. The highest BCUT2D eigenvalue weighted by Crippen LogP contribution is 2.18. The van der Waals surface area contributed by atoms with Crippen molar-refractivity contribution in [1.82, 2.24) is 14.3 Å². The first-order chi connectivity index (χ1) is 11.9. The molecule has 1 heterocycles. The smallest absolute Gasteiger partial charge is 0.339 e. The number of carbonyl (C=O) groups is 1. The number of nitrogens with one attached hydrogen (secondary N) is 2. The number of hydrogen-bond acceptors (Lipinski definition) is 7. The number of amides is 2. The fourth-order valence-corrected chi connectivity index (χ4v) is 2.51. The SMILES string of the molecule is COc1cc(OC)nc(NC(=O)N(C)S(=O)(=O)Nc2ccccc2)n1. The highest BCUT2D eigenvalue weighted by atomic mass is 32.2. The Morgan fingerprint density at radius 3 is 2.16 bits per heavy atom. The van der Waals surface area contributed by atoms with Crippen molar-refractivity contribution in [1.29, 1.82) is 0 Å². The zero-order valence-corrected chi connectivity index (χ0v) is 14.6. The number of methoxy groups -OCH3 is 2. The van der Waals surface area contributed by atoms with Crippen LogP contribution in [0, 0.1) is 0 Å². The molecule has 0 fully saturated rings. The fraction of sp³-hybridized carbons (Fsp3) is 0.214. The van der Waals surface area contributed by atoms with Crippen molar-refractivity contribution in [2.45, 2.75) is 0 Å². The van der Waals surface area contributed by atoms with E-state index >= 15 is 0 Å². The van der Waals surface area contributed by atoms with Crippen molar-refractivity contribution >= 4 is 27.9 Å². The summed E-state index contributed by atoms with van der Waals surface area (Å²) in [5, 5.41) is 2.27. The van der Waals surface area contributed by atoms with Crippen LogP contribution in [0.15, 0.2) is 36.4 Å². The summed E-state index contributed by atoms with van der Waals surface area (Å²) in [7, 11) is -0.250. The maximum Gasteiger partial charge on any atom is 0.339 e. The molecule has 0 saturated carbocycles. The average molecular weight is 367 g/mol. The summed E-state index contributed by atoms with van der Waals surface area (Å²) in [4.78, 5) is 20.0. The van der Waals surface area contributed by atoms with Crippen LogP contribution in [0.3, 0.4) is 0 Å². The summed E-state index contributed by atoms with van der Waals surface area (Å²) < 4.78 is 37.2. The molecule has 0 atom stereocenters. The maximum atomic E-state index is 12.2. The van der Waals surface area contributed by atoms with E-state index in [1.54, 1.807) is 30.3 Å². The minimum absolute atomic E-state index is 0.148. The van der Waals surface area contributed by atoms with Crippen LogP contribution in [-0.2, 0) is 10.2 Å². The Morgan fingerprint density at radius 2 is 1.64 bits per heavy atom. The molecule has 0 saturated heterocycles. The predicted octanol–water partition coefficient (Wildman–Crippen LogP) is 1.31. The number of urea groups is 1. The van der Waals surface area contributed by atoms with Crippen LogP contribution < -0.4 is 19.5 Å². The van der Waals surface area contributed by atoms with Gasteiger partial charge >= 0.3 is 16.2 Å². The molecule has 0 unspecified atom stereocenters. The van der Waals surface area contributed by atoms with Gasteiger partial charge in [-0.05, 0) is 12.1 Å². The Labute approximate surface area is 145 Å². The van der Waals surface area contributed by atoms with Crippen LogP contribution in [0.5, 0.6) is 11.8 Å². The molecule has 0 aliphatic heterocycles. The monoisotopic (exact) mass is 367 g/mol. The molecule has 2 aromatic rings. The highest BCUT2D eigenvalue weighted by molar-refractivity contribution is 7.90. The normalized spacial score (nSPS) is 10.7. The molecule has 0 spiro atoms. The number of para-hydroxylation sites is 1. The van der Waals surface area contributed by atoms with E-state index in [0.717, 1.165) is 7.05 Å². The van der Waals surface area contributed by atoms with Gasteiger partial charge in [-0.25, -0.2) is 9.10 Å². The lowest BCUT2D eigenvalue weighted by atomic mass is 10.3. The molecule has 0 aliphatic rings. The number of nitrogens with zero attached hydrogens (tertiary/aromatic N) is 3. The summed E-state index contributed by atoms with van der Waals surface area (Å²) in [6, 6.07) is 8.62. The molecule has 1 aromatic carbocycles. The van der Waals surface area contributed by atoms with E-state index in [1.807, 2.05) is 0 Å². The molecule has 2 rings (SSSR count). The number of aromatic nitrogens is 2. The van der Waals surface area contributed by atoms with Crippen LogP contribution in [0.2, 0.25) is 0 Å². The number of hydrogen-bond donors (Lipinski definition) is 2. The van der Waals surface area contributed by atoms with Gasteiger partial charge in [-0.1, -0.05) is 18.2 Å². The van der Waals surface area contributed by atoms with Crippen molar-refractivity contribution in [2.24, 2.45) is 0 Å². The first-order valence-corrected chi connectivity index (χ1v) is 8.39. The van der Waals surface area contributed by atoms with E-state index in [1.165, 1.54) is 20.3 Å². The molecule has 10 nitrogen and oxygen atoms in total. The molecular formula is C14H17N5O5S. The van der Waals surface area contributed by atoms with Crippen LogP contribution in [0.25, 0.3) is 0 Å². The Balaban J connectivity index is 2.14. The second-order valence-corrected chi connectivity index (χ2v) is 6.35. The minimum Gasteiger partial charge on any atom is -0.481 e. The zero-order chi connectivity index (χ0) is 18.4. The van der Waals surface area contributed by atoms with Crippen molar-refractivity contribution in [3.63, 3.8) is 0 Å². The van der Waals surface area contributed by atoms with Crippen LogP contribution >= 0.6 is 0 Å². The van der Waals surface area contributed by atoms with E-state index in [9.17, 15) is 13.2 Å². The number of rotatable bonds is 6. The molecule has 1 aromatic heterocycles. The molecule has 11 heteroatoms. The Kier molecular flexibility index (Phi) is 5.60. The second kappa shape index (κ2) is 7.66. The van der Waals surface area contributed by atoms with Crippen molar-refractivity contribution in [3.05, 3.63) is 36.4 Å². The molecule has 2 N–H and O–H groups in total. The van der Waals surface area contributed by atoms with Crippen molar-refractivity contribution < 1.29 is 22.7 Å². The Morgan fingerprint density at radius 1 is 1.08 bits per heavy atom. The zero-order valence-electron chi connectivity index (χ0n) is 13.8. The number of ether oxygens (including phenoxy) is 2. The van der Waals surface area contributed by atoms with Gasteiger partial charge in [0.05, 0.1) is 26.0 Å². The predicted molar refractivity (Wildman–Crippen MR) is 90.9 cm³/mol. The van der Waals surface area contributed by atoms with E-state index in [2.05, 4.69) is 20.0 Å². The van der Waals surface area contributed by atoms with E-state index in [-0.39, 0.29) is 17.7 Å². The first-order valence-electron chi connectivity index (χ1n) is 6.95. The summed E-state index contributed by atoms with van der Waals surface area (Å²) in [5.74, 6) is 0.133. The van der Waals surface area contributed by atoms with Crippen LogP contribution in [0.1, 0.15) is 0 Å². The third-order valence-electron chi connectivity index (χ3n) is 2.98. The largest absolute Gasteiger partial charge is 0.481 e. The average Bonchev–Trinajstić information content (AvgIpc) is 2.61.